The lowest BCUT2D eigenvalue weighted by molar-refractivity contribution is -0.140. The second-order valence-corrected chi connectivity index (χ2v) is 3.83. The van der Waals surface area contributed by atoms with Gasteiger partial charge in [-0.05, 0) is 6.42 Å². The van der Waals surface area contributed by atoms with Crippen LogP contribution in [0.3, 0.4) is 0 Å². The molecule has 4 heteroatoms. The Morgan fingerprint density at radius 2 is 2.33 bits per heavy atom. The normalized spacial score (nSPS) is 14.8. The Labute approximate surface area is 76.8 Å². The summed E-state index contributed by atoms with van der Waals surface area (Å²) in [6.07, 6.45) is 0.771. The van der Waals surface area contributed by atoms with E-state index in [1.165, 1.54) is 11.8 Å². The first-order valence-corrected chi connectivity index (χ1v) is 4.90. The number of thioether (sulfide) groups is 1. The number of hydrogen-bond donors (Lipinski definition) is 1. The topological polar surface area (TPSA) is 61.1 Å². The molecule has 12 heavy (non-hydrogen) atoms. The van der Waals surface area contributed by atoms with Crippen molar-refractivity contribution in [3.63, 3.8) is 0 Å². The minimum atomic E-state index is -0.796. The molecule has 0 radical (unpaired) electrons. The molecule has 0 saturated carbocycles. The molecule has 68 valence electrons. The molecule has 2 atom stereocenters. The fourth-order valence-electron chi connectivity index (χ4n) is 0.578. The summed E-state index contributed by atoms with van der Waals surface area (Å²) in [6, 6.07) is 2.12. The zero-order valence-corrected chi connectivity index (χ0v) is 8.10. The van der Waals surface area contributed by atoms with Crippen molar-refractivity contribution in [2.45, 2.75) is 25.5 Å². The van der Waals surface area contributed by atoms with E-state index in [1.54, 1.807) is 6.92 Å². The minimum absolute atomic E-state index is 0.0631. The van der Waals surface area contributed by atoms with Gasteiger partial charge in [-0.25, -0.2) is 0 Å². The zero-order chi connectivity index (χ0) is 9.56. The van der Waals surface area contributed by atoms with Gasteiger partial charge in [0, 0.05) is 5.75 Å². The van der Waals surface area contributed by atoms with Crippen molar-refractivity contribution in [1.82, 2.24) is 0 Å². The molecule has 0 aliphatic carbocycles. The van der Waals surface area contributed by atoms with Crippen LogP contribution >= 0.6 is 11.8 Å². The molecular weight excluding hydrogens is 174 g/mol. The smallest absolute Gasteiger partial charge is 0.307 e. The van der Waals surface area contributed by atoms with E-state index in [4.69, 9.17) is 10.4 Å². The molecule has 0 heterocycles. The molecule has 0 amide bonds. The van der Waals surface area contributed by atoms with Crippen LogP contribution in [-0.4, -0.2) is 22.1 Å². The van der Waals surface area contributed by atoms with Crippen LogP contribution < -0.4 is 0 Å². The highest BCUT2D eigenvalue weighted by atomic mass is 32.2. The number of hydrogen-bond acceptors (Lipinski definition) is 3. The van der Waals surface area contributed by atoms with Gasteiger partial charge >= 0.3 is 5.97 Å². The van der Waals surface area contributed by atoms with Crippen LogP contribution in [0.5, 0.6) is 0 Å². The van der Waals surface area contributed by atoms with Gasteiger partial charge in [0.25, 0.3) is 0 Å². The van der Waals surface area contributed by atoms with Crippen LogP contribution in [0.1, 0.15) is 20.3 Å². The maximum Gasteiger partial charge on any atom is 0.307 e. The highest BCUT2D eigenvalue weighted by molar-refractivity contribution is 8.00. The van der Waals surface area contributed by atoms with E-state index >= 15 is 0 Å². The molecule has 0 rings (SSSR count). The summed E-state index contributed by atoms with van der Waals surface area (Å²) in [5.41, 5.74) is 0. The van der Waals surface area contributed by atoms with E-state index in [9.17, 15) is 4.79 Å². The highest BCUT2D eigenvalue weighted by Gasteiger charge is 2.13. The van der Waals surface area contributed by atoms with Crippen molar-refractivity contribution in [3.05, 3.63) is 0 Å². The molecule has 0 aliphatic heterocycles. The lowest BCUT2D eigenvalue weighted by Crippen LogP contribution is -2.13. The standard InChI is InChI=1S/C8H13NO2S/c1-3-7(4-9)12-5-6(2)8(10)11/h6-7H,3,5H2,1-2H3,(H,10,11). The molecule has 0 aromatic carbocycles. The summed E-state index contributed by atoms with van der Waals surface area (Å²) < 4.78 is 0. The third-order valence-electron chi connectivity index (χ3n) is 1.48. The molecule has 0 bridgehead atoms. The highest BCUT2D eigenvalue weighted by Crippen LogP contribution is 2.17. The second kappa shape index (κ2) is 5.90. The Balaban J connectivity index is 3.68. The molecule has 0 aromatic rings. The molecular formula is C8H13NO2S. The minimum Gasteiger partial charge on any atom is -0.481 e. The largest absolute Gasteiger partial charge is 0.481 e. The van der Waals surface area contributed by atoms with Crippen LogP contribution in [0.25, 0.3) is 0 Å². The Morgan fingerprint density at radius 3 is 2.67 bits per heavy atom. The summed E-state index contributed by atoms with van der Waals surface area (Å²) in [7, 11) is 0. The number of aliphatic carboxylic acids is 1. The maximum absolute atomic E-state index is 10.4. The number of carbonyl (C=O) groups is 1. The van der Waals surface area contributed by atoms with Crippen LogP contribution in [0.4, 0.5) is 0 Å². The monoisotopic (exact) mass is 187 g/mol. The average molecular weight is 187 g/mol. The van der Waals surface area contributed by atoms with Gasteiger partial charge in [0.15, 0.2) is 0 Å². The summed E-state index contributed by atoms with van der Waals surface area (Å²) in [5.74, 6) is -0.644. The van der Waals surface area contributed by atoms with Gasteiger partial charge in [-0.3, -0.25) is 4.79 Å². The van der Waals surface area contributed by atoms with Crippen molar-refractivity contribution in [2.75, 3.05) is 5.75 Å². The first kappa shape index (κ1) is 11.3. The van der Waals surface area contributed by atoms with Gasteiger partial charge < -0.3 is 5.11 Å². The zero-order valence-electron chi connectivity index (χ0n) is 7.28. The van der Waals surface area contributed by atoms with Gasteiger partial charge in [0.1, 0.15) is 0 Å². The fourth-order valence-corrected chi connectivity index (χ4v) is 1.55. The van der Waals surface area contributed by atoms with Crippen LogP contribution in [0.2, 0.25) is 0 Å². The van der Waals surface area contributed by atoms with Crippen molar-refractivity contribution >= 4 is 17.7 Å². The molecule has 0 aromatic heterocycles. The number of nitrogens with zero attached hydrogens (tertiary/aromatic N) is 1. The molecule has 0 spiro atoms. The fraction of sp³-hybridized carbons (Fsp3) is 0.750. The number of carboxylic acids is 1. The van der Waals surface area contributed by atoms with Gasteiger partial charge in [-0.1, -0.05) is 13.8 Å². The summed E-state index contributed by atoms with van der Waals surface area (Å²) in [4.78, 5) is 10.4. The second-order valence-electron chi connectivity index (χ2n) is 2.60. The average Bonchev–Trinajstić information content (AvgIpc) is 2.05. The van der Waals surface area contributed by atoms with E-state index in [0.29, 0.717) is 5.75 Å². The first-order valence-electron chi connectivity index (χ1n) is 3.85. The number of rotatable bonds is 5. The molecule has 2 unspecified atom stereocenters. The molecule has 0 saturated heterocycles. The SMILES string of the molecule is CCC(C#N)SCC(C)C(=O)O. The quantitative estimate of drug-likeness (QED) is 0.712. The molecule has 1 N–H and O–H groups in total. The molecule has 3 nitrogen and oxygen atoms in total. The Bertz CT molecular complexity index is 188. The van der Waals surface area contributed by atoms with Crippen molar-refractivity contribution in [3.8, 4) is 6.07 Å². The Hall–Kier alpha value is -0.690. The van der Waals surface area contributed by atoms with Gasteiger partial charge in [0.05, 0.1) is 17.2 Å². The predicted octanol–water partition coefficient (Wildman–Crippen LogP) is 1.74. The molecule has 0 aliphatic rings. The van der Waals surface area contributed by atoms with E-state index in [1.807, 2.05) is 6.92 Å². The Kier molecular flexibility index (Phi) is 5.56. The lowest BCUT2D eigenvalue weighted by atomic mass is 10.2. The predicted molar refractivity (Wildman–Crippen MR) is 48.9 cm³/mol. The van der Waals surface area contributed by atoms with Gasteiger partial charge in [-0.2, -0.15) is 5.26 Å². The summed E-state index contributed by atoms with van der Waals surface area (Å²) in [6.45, 7) is 3.58. The lowest BCUT2D eigenvalue weighted by Gasteiger charge is -2.08. The van der Waals surface area contributed by atoms with Crippen LogP contribution in [-0.2, 0) is 4.79 Å². The first-order chi connectivity index (χ1) is 5.61. The maximum atomic E-state index is 10.4. The van der Waals surface area contributed by atoms with Crippen LogP contribution in [0, 0.1) is 17.2 Å². The third kappa shape index (κ3) is 4.24. The van der Waals surface area contributed by atoms with E-state index in [0.717, 1.165) is 6.42 Å². The van der Waals surface area contributed by atoms with Gasteiger partial charge in [0.2, 0.25) is 0 Å². The summed E-state index contributed by atoms with van der Waals surface area (Å²) >= 11 is 1.42. The van der Waals surface area contributed by atoms with E-state index in [-0.39, 0.29) is 11.2 Å². The summed E-state index contributed by atoms with van der Waals surface area (Å²) in [5, 5.41) is 17.0. The number of carboxylic acid groups (broad SMARTS) is 1. The van der Waals surface area contributed by atoms with Gasteiger partial charge in [-0.15, -0.1) is 11.8 Å². The van der Waals surface area contributed by atoms with Crippen molar-refractivity contribution < 1.29 is 9.90 Å². The van der Waals surface area contributed by atoms with E-state index in [2.05, 4.69) is 6.07 Å². The van der Waals surface area contributed by atoms with E-state index < -0.39 is 5.97 Å². The van der Waals surface area contributed by atoms with Crippen LogP contribution in [0.15, 0.2) is 0 Å². The third-order valence-corrected chi connectivity index (χ3v) is 3.02. The number of nitriles is 1. The molecule has 0 fully saturated rings. The Morgan fingerprint density at radius 1 is 1.75 bits per heavy atom. The van der Waals surface area contributed by atoms with Crippen molar-refractivity contribution in [1.29, 1.82) is 5.26 Å². The van der Waals surface area contributed by atoms with Crippen molar-refractivity contribution in [2.24, 2.45) is 5.92 Å².